The molecule has 2 N–H and O–H groups in total. The number of halogens is 4. The predicted molar refractivity (Wildman–Crippen MR) is 200 cm³/mol. The molecule has 15 heteroatoms. The van der Waals surface area contributed by atoms with Crippen molar-refractivity contribution in [3.8, 4) is 23.3 Å². The first-order valence-electron chi connectivity index (χ1n) is 18.9. The number of carbonyl (C=O) groups excluding carboxylic acids is 1. The number of benzene rings is 2. The van der Waals surface area contributed by atoms with Crippen LogP contribution in [0.5, 0.6) is 6.01 Å². The van der Waals surface area contributed by atoms with Gasteiger partial charge in [-0.1, -0.05) is 44.2 Å². The predicted octanol–water partition coefficient (Wildman–Crippen LogP) is 6.08. The van der Waals surface area contributed by atoms with E-state index in [4.69, 9.17) is 9.47 Å². The second kappa shape index (κ2) is 16.4. The summed E-state index contributed by atoms with van der Waals surface area (Å²) in [7, 11) is 0. The minimum absolute atomic E-state index is 0.0321. The van der Waals surface area contributed by atoms with Gasteiger partial charge in [-0.3, -0.25) is 19.6 Å². The van der Waals surface area contributed by atoms with Crippen LogP contribution < -0.4 is 15.4 Å². The third kappa shape index (κ3) is 7.81. The van der Waals surface area contributed by atoms with Crippen molar-refractivity contribution in [3.05, 3.63) is 66.1 Å². The Morgan fingerprint density at radius 1 is 1.18 bits per heavy atom. The van der Waals surface area contributed by atoms with E-state index in [0.29, 0.717) is 37.5 Å². The summed E-state index contributed by atoms with van der Waals surface area (Å²) in [6.07, 6.45) is 6.72. The number of alkyl halides is 1. The summed E-state index contributed by atoms with van der Waals surface area (Å²) < 4.78 is 72.4. The zero-order chi connectivity index (χ0) is 38.7. The third-order valence-corrected chi connectivity index (χ3v) is 10.9. The van der Waals surface area contributed by atoms with Crippen molar-refractivity contribution in [3.63, 3.8) is 0 Å². The second-order valence-corrected chi connectivity index (χ2v) is 14.3. The van der Waals surface area contributed by atoms with Gasteiger partial charge in [-0.25, -0.2) is 17.6 Å². The lowest BCUT2D eigenvalue weighted by Crippen LogP contribution is -2.43. The number of nitriles is 1. The Balaban J connectivity index is 0.00000229. The number of aromatic nitrogens is 3. The molecule has 0 saturated carbocycles. The maximum Gasteiger partial charge on any atom is 0.319 e. The van der Waals surface area contributed by atoms with E-state index in [1.807, 2.05) is 13.8 Å². The van der Waals surface area contributed by atoms with E-state index < -0.39 is 35.2 Å². The van der Waals surface area contributed by atoms with Crippen LogP contribution in [-0.4, -0.2) is 106 Å². The number of anilines is 1. The maximum atomic E-state index is 16.6. The minimum atomic E-state index is -1.13. The number of nitrogens with one attached hydrogen (secondary N) is 2. The van der Waals surface area contributed by atoms with Crippen molar-refractivity contribution in [1.82, 2.24) is 30.1 Å². The summed E-state index contributed by atoms with van der Waals surface area (Å²) in [5, 5.41) is 15.9. The first kappa shape index (κ1) is 38.4. The number of amides is 1. The molecule has 6 heterocycles. The molecule has 0 spiro atoms. The van der Waals surface area contributed by atoms with Crippen LogP contribution in [0.25, 0.3) is 32.9 Å². The highest BCUT2D eigenvalue weighted by atomic mass is 19.2. The molecule has 4 aromatic rings. The Labute approximate surface area is 316 Å². The van der Waals surface area contributed by atoms with Crippen molar-refractivity contribution >= 4 is 33.4 Å². The number of pyridine rings is 1. The van der Waals surface area contributed by atoms with Crippen LogP contribution in [0, 0.1) is 28.8 Å². The summed E-state index contributed by atoms with van der Waals surface area (Å²) in [5.74, 6) is -3.38. The van der Waals surface area contributed by atoms with Crippen molar-refractivity contribution in [2.45, 2.75) is 75.8 Å². The van der Waals surface area contributed by atoms with Gasteiger partial charge in [0.15, 0.2) is 17.5 Å². The summed E-state index contributed by atoms with van der Waals surface area (Å²) in [6, 6.07) is 8.66. The molecule has 2 aromatic carbocycles. The highest BCUT2D eigenvalue weighted by Gasteiger charge is 2.49. The third-order valence-electron chi connectivity index (χ3n) is 10.9. The number of hydrogen-bond donors (Lipinski definition) is 2. The average molecular weight is 761 g/mol. The van der Waals surface area contributed by atoms with E-state index in [0.717, 1.165) is 38.4 Å². The molecule has 290 valence electrons. The SMILES string of the molecule is CC.N#CC[C@@H](CNc1nc(OC[C@@]23CCCN2C[C@H](F)C3)nc2c(F)c(-c3cccc4ccc(F)c(F)c34)ncc12)NC(=O)/C=C/CN1CC2CC1CO2. The lowest BCUT2D eigenvalue weighted by atomic mass is 9.95. The summed E-state index contributed by atoms with van der Waals surface area (Å²) in [4.78, 5) is 30.5. The van der Waals surface area contributed by atoms with E-state index in [1.165, 1.54) is 24.4 Å². The van der Waals surface area contributed by atoms with Gasteiger partial charge in [-0.2, -0.15) is 15.2 Å². The molecule has 5 atom stereocenters. The van der Waals surface area contributed by atoms with Gasteiger partial charge in [0.05, 0.1) is 42.2 Å². The average Bonchev–Trinajstić information content (AvgIpc) is 3.97. The summed E-state index contributed by atoms with van der Waals surface area (Å²) in [5.41, 5.74) is -0.951. The zero-order valence-electron chi connectivity index (χ0n) is 30.8. The van der Waals surface area contributed by atoms with Gasteiger partial charge in [-0.05, 0) is 37.3 Å². The molecule has 4 saturated heterocycles. The topological polar surface area (TPSA) is 129 Å². The Kier molecular flexibility index (Phi) is 11.5. The standard InChI is InChI=1S/C38H38F4N8O3.C2H6/c39-23-15-38(10-3-13-50(38)18-23)21-53-37-47-35-28(17-44-34(33(35)42)27-5-1-4-22-7-8-29(40)32(41)31(22)27)36(48-37)45-16-24(9-11-43)46-30(51)6-2-12-49-19-26-14-25(49)20-52-26;1-2/h1-2,4-8,17,23-26H,3,9-10,12-16,18-21H2,(H,46,51)(H,45,47,48);1-2H3/b6-2+;/t23-,24+,25?,26?,38+;/m1./s1. The van der Waals surface area contributed by atoms with Crippen molar-refractivity contribution in [1.29, 1.82) is 5.26 Å². The fraction of sp³-hybridized carbons (Fsp3) is 0.475. The lowest BCUT2D eigenvalue weighted by Gasteiger charge is -2.30. The molecule has 2 bridgehead atoms. The van der Waals surface area contributed by atoms with Crippen molar-refractivity contribution < 1.29 is 31.8 Å². The van der Waals surface area contributed by atoms with Gasteiger partial charge in [0, 0.05) is 61.9 Å². The first-order valence-corrected chi connectivity index (χ1v) is 18.9. The number of ether oxygens (including phenoxy) is 2. The summed E-state index contributed by atoms with van der Waals surface area (Å²) >= 11 is 0. The zero-order valence-corrected chi connectivity index (χ0v) is 30.8. The number of rotatable bonds is 12. The molecular formula is C40H44F4N8O3. The molecule has 2 aromatic heterocycles. The monoisotopic (exact) mass is 760 g/mol. The van der Waals surface area contributed by atoms with Gasteiger partial charge in [0.25, 0.3) is 0 Å². The van der Waals surface area contributed by atoms with Gasteiger partial charge in [0.2, 0.25) is 5.91 Å². The van der Waals surface area contributed by atoms with Crippen LogP contribution in [0.1, 0.15) is 46.0 Å². The van der Waals surface area contributed by atoms with E-state index in [9.17, 15) is 18.8 Å². The quantitative estimate of drug-likeness (QED) is 0.130. The normalized spacial score (nSPS) is 23.8. The number of fused-ring (bicyclic) bond motifs is 5. The number of carbonyl (C=O) groups is 1. The molecule has 2 unspecified atom stereocenters. The molecule has 11 nitrogen and oxygen atoms in total. The van der Waals surface area contributed by atoms with Crippen LogP contribution in [0.15, 0.2) is 48.7 Å². The van der Waals surface area contributed by atoms with Gasteiger partial charge >= 0.3 is 6.01 Å². The molecular weight excluding hydrogens is 716 g/mol. The Morgan fingerprint density at radius 2 is 2.04 bits per heavy atom. The fourth-order valence-corrected chi connectivity index (χ4v) is 8.33. The molecule has 55 heavy (non-hydrogen) atoms. The molecule has 4 aliphatic rings. The van der Waals surface area contributed by atoms with Crippen LogP contribution in [0.4, 0.5) is 23.4 Å². The van der Waals surface area contributed by atoms with Gasteiger partial charge in [0.1, 0.15) is 29.8 Å². The highest BCUT2D eigenvalue weighted by Crippen LogP contribution is 2.41. The number of nitrogens with zero attached hydrogens (tertiary/aromatic N) is 6. The Hall–Kier alpha value is -4.91. The van der Waals surface area contributed by atoms with Gasteiger partial charge in [-0.15, -0.1) is 0 Å². The lowest BCUT2D eigenvalue weighted by molar-refractivity contribution is -0.117. The largest absolute Gasteiger partial charge is 0.461 e. The molecule has 4 aliphatic heterocycles. The molecule has 0 radical (unpaired) electrons. The Morgan fingerprint density at radius 3 is 2.82 bits per heavy atom. The minimum Gasteiger partial charge on any atom is -0.461 e. The number of morpholine rings is 1. The van der Waals surface area contributed by atoms with E-state index in [2.05, 4.69) is 41.5 Å². The van der Waals surface area contributed by atoms with E-state index >= 15 is 8.78 Å². The summed E-state index contributed by atoms with van der Waals surface area (Å²) in [6.45, 7) is 7.32. The number of likely N-dealkylation sites (tertiary alicyclic amines) is 1. The van der Waals surface area contributed by atoms with Crippen LogP contribution in [0.3, 0.4) is 0 Å². The van der Waals surface area contributed by atoms with Crippen molar-refractivity contribution in [2.75, 3.05) is 51.3 Å². The molecule has 4 fully saturated rings. The number of hydrogen-bond acceptors (Lipinski definition) is 10. The molecule has 1 amide bonds. The second-order valence-electron chi connectivity index (χ2n) is 14.3. The van der Waals surface area contributed by atoms with Crippen LogP contribution in [0.2, 0.25) is 0 Å². The van der Waals surface area contributed by atoms with Crippen LogP contribution in [-0.2, 0) is 9.53 Å². The molecule has 8 rings (SSSR count). The van der Waals surface area contributed by atoms with Crippen LogP contribution >= 0.6 is 0 Å². The first-order chi connectivity index (χ1) is 26.7. The van der Waals surface area contributed by atoms with E-state index in [1.54, 1.807) is 18.2 Å². The maximum absolute atomic E-state index is 16.6. The fourth-order valence-electron chi connectivity index (χ4n) is 8.33. The van der Waals surface area contributed by atoms with Gasteiger partial charge < -0.3 is 20.1 Å². The van der Waals surface area contributed by atoms with Crippen molar-refractivity contribution in [2.24, 2.45) is 0 Å². The highest BCUT2D eigenvalue weighted by molar-refractivity contribution is 5.99. The smallest absolute Gasteiger partial charge is 0.319 e. The Bertz CT molecular complexity index is 2130. The van der Waals surface area contributed by atoms with E-state index in [-0.39, 0.29) is 71.0 Å². The molecule has 0 aliphatic carbocycles.